The van der Waals surface area contributed by atoms with E-state index in [1.165, 1.54) is 12.8 Å². The number of rotatable bonds is 5. The Balaban J connectivity index is 1.92. The van der Waals surface area contributed by atoms with E-state index in [9.17, 15) is 5.11 Å². The van der Waals surface area contributed by atoms with E-state index in [2.05, 4.69) is 17.3 Å². The minimum atomic E-state index is -0.547. The minimum absolute atomic E-state index is 0.547. The van der Waals surface area contributed by atoms with Gasteiger partial charge in [-0.25, -0.2) is 0 Å². The molecule has 1 aromatic heterocycles. The summed E-state index contributed by atoms with van der Waals surface area (Å²) in [6, 6.07) is 0. The Hall–Kier alpha value is -0.580. The van der Waals surface area contributed by atoms with Gasteiger partial charge in [0.1, 0.15) is 0 Å². The summed E-state index contributed by atoms with van der Waals surface area (Å²) in [5.41, 5.74) is 1.34. The largest absolute Gasteiger partial charge is 0.389 e. The van der Waals surface area contributed by atoms with Gasteiger partial charge in [-0.05, 0) is 26.7 Å². The summed E-state index contributed by atoms with van der Waals surface area (Å²) in [5.74, 6) is 0. The molecule has 1 fully saturated rings. The van der Waals surface area contributed by atoms with Crippen molar-refractivity contribution in [3.05, 3.63) is 16.4 Å². The Morgan fingerprint density at radius 2 is 1.95 bits per heavy atom. The first-order valence-corrected chi connectivity index (χ1v) is 8.08. The first-order valence-electron chi connectivity index (χ1n) is 7.70. The molecule has 0 saturated heterocycles. The Labute approximate surface area is 126 Å². The van der Waals surface area contributed by atoms with E-state index in [0.29, 0.717) is 13.1 Å². The summed E-state index contributed by atoms with van der Waals surface area (Å²) in [4.78, 5) is 0. The zero-order valence-corrected chi connectivity index (χ0v) is 13.3. The number of hydrogen-bond acceptors (Lipinski definition) is 3. The molecule has 0 spiro atoms. The molecule has 0 radical (unpaired) electrons. The lowest BCUT2D eigenvalue weighted by Gasteiger charge is -2.27. The SMILES string of the molecule is CCn1nc(C)c(Cl)c1CNCC1(O)CCCCCC1. The van der Waals surface area contributed by atoms with Crippen molar-refractivity contribution in [2.75, 3.05) is 6.54 Å². The second-order valence-electron chi connectivity index (χ2n) is 5.90. The number of aliphatic hydroxyl groups is 1. The minimum Gasteiger partial charge on any atom is -0.389 e. The lowest BCUT2D eigenvalue weighted by atomic mass is 9.94. The van der Waals surface area contributed by atoms with Crippen LogP contribution in [0.1, 0.15) is 56.8 Å². The summed E-state index contributed by atoms with van der Waals surface area (Å²) >= 11 is 6.29. The first-order chi connectivity index (χ1) is 9.56. The van der Waals surface area contributed by atoms with Gasteiger partial charge in [0, 0.05) is 19.6 Å². The van der Waals surface area contributed by atoms with Crippen LogP contribution in [-0.2, 0) is 13.1 Å². The van der Waals surface area contributed by atoms with Crippen LogP contribution in [0.3, 0.4) is 0 Å². The average molecular weight is 300 g/mol. The molecule has 0 amide bonds. The zero-order chi connectivity index (χ0) is 14.6. The molecular weight excluding hydrogens is 274 g/mol. The topological polar surface area (TPSA) is 50.1 Å². The predicted octanol–water partition coefficient (Wildman–Crippen LogP) is 3.04. The van der Waals surface area contributed by atoms with Gasteiger partial charge in [0.15, 0.2) is 0 Å². The molecule has 114 valence electrons. The van der Waals surface area contributed by atoms with E-state index in [-0.39, 0.29) is 0 Å². The van der Waals surface area contributed by atoms with Crippen molar-refractivity contribution in [1.82, 2.24) is 15.1 Å². The molecule has 0 bridgehead atoms. The summed E-state index contributed by atoms with van der Waals surface area (Å²) in [6.07, 6.45) is 6.56. The maximum Gasteiger partial charge on any atom is 0.0860 e. The molecule has 0 atom stereocenters. The van der Waals surface area contributed by atoms with E-state index < -0.39 is 5.60 Å². The van der Waals surface area contributed by atoms with Crippen LogP contribution in [-0.4, -0.2) is 27.0 Å². The van der Waals surface area contributed by atoms with E-state index in [4.69, 9.17) is 11.6 Å². The number of hydrogen-bond donors (Lipinski definition) is 2. The van der Waals surface area contributed by atoms with Gasteiger partial charge in [0.2, 0.25) is 0 Å². The standard InChI is InChI=1S/C15H26ClN3O/c1-3-19-13(14(16)12(2)18-19)10-17-11-15(20)8-6-4-5-7-9-15/h17,20H,3-11H2,1-2H3. The molecule has 0 unspecified atom stereocenters. The third kappa shape index (κ3) is 3.74. The van der Waals surface area contributed by atoms with Crippen molar-refractivity contribution in [1.29, 1.82) is 0 Å². The quantitative estimate of drug-likeness (QED) is 0.822. The van der Waals surface area contributed by atoms with Crippen molar-refractivity contribution in [2.24, 2.45) is 0 Å². The summed E-state index contributed by atoms with van der Waals surface area (Å²) in [6.45, 7) is 6.10. The molecule has 2 rings (SSSR count). The molecule has 0 aromatic carbocycles. The van der Waals surface area contributed by atoms with Crippen LogP contribution >= 0.6 is 11.6 Å². The van der Waals surface area contributed by atoms with Crippen LogP contribution in [0.15, 0.2) is 0 Å². The number of aryl methyl sites for hydroxylation is 2. The van der Waals surface area contributed by atoms with Crippen molar-refractivity contribution in [3.63, 3.8) is 0 Å². The van der Waals surface area contributed by atoms with Crippen molar-refractivity contribution in [2.45, 2.75) is 71.1 Å². The Morgan fingerprint density at radius 3 is 2.55 bits per heavy atom. The number of aromatic nitrogens is 2. The maximum atomic E-state index is 10.6. The normalized spacial score (nSPS) is 19.0. The van der Waals surface area contributed by atoms with Crippen molar-refractivity contribution < 1.29 is 5.11 Å². The summed E-state index contributed by atoms with van der Waals surface area (Å²) in [7, 11) is 0. The lowest BCUT2D eigenvalue weighted by Crippen LogP contribution is -2.40. The second-order valence-corrected chi connectivity index (χ2v) is 6.28. The van der Waals surface area contributed by atoms with E-state index in [1.807, 2.05) is 11.6 Å². The van der Waals surface area contributed by atoms with E-state index >= 15 is 0 Å². The zero-order valence-electron chi connectivity index (χ0n) is 12.6. The first kappa shape index (κ1) is 15.8. The van der Waals surface area contributed by atoms with Crippen molar-refractivity contribution in [3.8, 4) is 0 Å². The molecule has 20 heavy (non-hydrogen) atoms. The average Bonchev–Trinajstić information content (AvgIpc) is 2.60. The van der Waals surface area contributed by atoms with Gasteiger partial charge in [-0.1, -0.05) is 37.3 Å². The smallest absolute Gasteiger partial charge is 0.0860 e. The molecule has 4 nitrogen and oxygen atoms in total. The van der Waals surface area contributed by atoms with Crippen LogP contribution < -0.4 is 5.32 Å². The number of nitrogens with one attached hydrogen (secondary N) is 1. The molecule has 1 heterocycles. The van der Waals surface area contributed by atoms with Gasteiger partial charge in [0.05, 0.1) is 22.0 Å². The highest BCUT2D eigenvalue weighted by molar-refractivity contribution is 6.31. The molecule has 1 aliphatic rings. The molecule has 1 aliphatic carbocycles. The predicted molar refractivity (Wildman–Crippen MR) is 82.0 cm³/mol. The highest BCUT2D eigenvalue weighted by Gasteiger charge is 2.27. The van der Waals surface area contributed by atoms with Gasteiger partial charge in [0.25, 0.3) is 0 Å². The fourth-order valence-corrected chi connectivity index (χ4v) is 3.22. The summed E-state index contributed by atoms with van der Waals surface area (Å²) in [5, 5.41) is 19.1. The maximum absolute atomic E-state index is 10.6. The Bertz CT molecular complexity index is 437. The van der Waals surface area contributed by atoms with Crippen LogP contribution in [0.25, 0.3) is 0 Å². The van der Waals surface area contributed by atoms with Gasteiger partial charge in [-0.2, -0.15) is 5.10 Å². The molecular formula is C15H26ClN3O. The van der Waals surface area contributed by atoms with Gasteiger partial charge < -0.3 is 10.4 Å². The van der Waals surface area contributed by atoms with Crippen molar-refractivity contribution >= 4 is 11.6 Å². The lowest BCUT2D eigenvalue weighted by molar-refractivity contribution is 0.0249. The Kier molecular flexibility index (Phi) is 5.47. The monoisotopic (exact) mass is 299 g/mol. The highest BCUT2D eigenvalue weighted by atomic mass is 35.5. The number of nitrogens with zero attached hydrogens (tertiary/aromatic N) is 2. The van der Waals surface area contributed by atoms with Crippen LogP contribution in [0.4, 0.5) is 0 Å². The fraction of sp³-hybridized carbons (Fsp3) is 0.800. The second kappa shape index (κ2) is 6.92. The molecule has 0 aliphatic heterocycles. The summed E-state index contributed by atoms with van der Waals surface area (Å²) < 4.78 is 1.93. The molecule has 1 saturated carbocycles. The third-order valence-corrected chi connectivity index (χ3v) is 4.73. The van der Waals surface area contributed by atoms with Crippen LogP contribution in [0, 0.1) is 6.92 Å². The number of halogens is 1. The Morgan fingerprint density at radius 1 is 1.30 bits per heavy atom. The molecule has 1 aromatic rings. The molecule has 2 N–H and O–H groups in total. The fourth-order valence-electron chi connectivity index (χ4n) is 3.01. The van der Waals surface area contributed by atoms with Crippen LogP contribution in [0.2, 0.25) is 5.02 Å². The third-order valence-electron chi connectivity index (χ3n) is 4.23. The van der Waals surface area contributed by atoms with Crippen LogP contribution in [0.5, 0.6) is 0 Å². The molecule has 5 heteroatoms. The van der Waals surface area contributed by atoms with Gasteiger partial charge in [-0.3, -0.25) is 4.68 Å². The van der Waals surface area contributed by atoms with Gasteiger partial charge >= 0.3 is 0 Å². The van der Waals surface area contributed by atoms with Gasteiger partial charge in [-0.15, -0.1) is 0 Å². The van der Waals surface area contributed by atoms with E-state index in [0.717, 1.165) is 48.6 Å². The highest BCUT2D eigenvalue weighted by Crippen LogP contribution is 2.26. The van der Waals surface area contributed by atoms with E-state index in [1.54, 1.807) is 0 Å².